The first kappa shape index (κ1) is 12.0. The average molecular weight is 288 g/mol. The van der Waals surface area contributed by atoms with Crippen molar-refractivity contribution < 1.29 is 4.39 Å². The van der Waals surface area contributed by atoms with Crippen molar-refractivity contribution in [3.05, 3.63) is 46.0 Å². The van der Waals surface area contributed by atoms with E-state index in [-0.39, 0.29) is 5.82 Å². The number of aryl methyl sites for hydroxylation is 1. The summed E-state index contributed by atoms with van der Waals surface area (Å²) in [6.07, 6.45) is 3.08. The fourth-order valence-electron chi connectivity index (χ4n) is 2.36. The van der Waals surface area contributed by atoms with Gasteiger partial charge in [0.1, 0.15) is 10.8 Å². The Bertz CT molecular complexity index is 788. The van der Waals surface area contributed by atoms with Gasteiger partial charge in [0.05, 0.1) is 0 Å². The van der Waals surface area contributed by atoms with Gasteiger partial charge in [0.15, 0.2) is 5.82 Å². The SMILES string of the molecule is Cc1cc(F)ccc1Cc1nn2c(C3CC3)nnc2s1. The maximum Gasteiger partial charge on any atom is 0.234 e. The Hall–Kier alpha value is -1.82. The van der Waals surface area contributed by atoms with E-state index in [0.29, 0.717) is 12.3 Å². The number of nitrogens with zero attached hydrogens (tertiary/aromatic N) is 4. The lowest BCUT2D eigenvalue weighted by Gasteiger charge is -2.02. The summed E-state index contributed by atoms with van der Waals surface area (Å²) in [4.78, 5) is 0.849. The Labute approximate surface area is 119 Å². The fraction of sp³-hybridized carbons (Fsp3) is 0.357. The van der Waals surface area contributed by atoms with Crippen LogP contribution in [0.2, 0.25) is 0 Å². The lowest BCUT2D eigenvalue weighted by molar-refractivity contribution is 0.625. The second kappa shape index (κ2) is 4.34. The van der Waals surface area contributed by atoms with Crippen molar-refractivity contribution in [2.75, 3.05) is 0 Å². The van der Waals surface area contributed by atoms with Crippen molar-refractivity contribution in [2.45, 2.75) is 32.1 Å². The number of hydrogen-bond acceptors (Lipinski definition) is 4. The lowest BCUT2D eigenvalue weighted by atomic mass is 10.1. The molecule has 0 N–H and O–H groups in total. The molecule has 0 saturated heterocycles. The maximum atomic E-state index is 13.1. The zero-order valence-corrected chi connectivity index (χ0v) is 11.8. The topological polar surface area (TPSA) is 43.1 Å². The van der Waals surface area contributed by atoms with E-state index in [9.17, 15) is 4.39 Å². The minimum atomic E-state index is -0.194. The second-order valence-corrected chi connectivity index (χ2v) is 6.31. The standard InChI is InChI=1S/C14H13FN4S/c1-8-6-11(15)5-4-10(8)7-12-18-19-13(9-2-3-9)16-17-14(19)20-12/h4-6,9H,2-3,7H2,1H3. The van der Waals surface area contributed by atoms with E-state index in [2.05, 4.69) is 15.3 Å². The molecule has 0 atom stereocenters. The Morgan fingerprint density at radius 1 is 1.35 bits per heavy atom. The van der Waals surface area contributed by atoms with Gasteiger partial charge in [-0.2, -0.15) is 9.61 Å². The normalized spacial score (nSPS) is 15.1. The Morgan fingerprint density at radius 2 is 2.20 bits per heavy atom. The molecule has 0 unspecified atom stereocenters. The van der Waals surface area contributed by atoms with Gasteiger partial charge in [0.25, 0.3) is 0 Å². The van der Waals surface area contributed by atoms with Crippen molar-refractivity contribution in [1.82, 2.24) is 19.8 Å². The molecule has 1 fully saturated rings. The van der Waals surface area contributed by atoms with Crippen LogP contribution in [0.1, 0.15) is 40.7 Å². The van der Waals surface area contributed by atoms with Gasteiger partial charge in [-0.3, -0.25) is 0 Å². The monoisotopic (exact) mass is 288 g/mol. The minimum absolute atomic E-state index is 0.194. The summed E-state index contributed by atoms with van der Waals surface area (Å²) in [7, 11) is 0. The first-order valence-corrected chi connectivity index (χ1v) is 7.48. The van der Waals surface area contributed by atoms with Gasteiger partial charge < -0.3 is 0 Å². The summed E-state index contributed by atoms with van der Waals surface area (Å²) >= 11 is 1.56. The molecule has 0 spiro atoms. The number of benzene rings is 1. The third-order valence-corrected chi connectivity index (χ3v) is 4.54. The van der Waals surface area contributed by atoms with Gasteiger partial charge in [0.2, 0.25) is 4.96 Å². The number of fused-ring (bicyclic) bond motifs is 1. The molecular formula is C14H13FN4S. The molecule has 2 heterocycles. The molecule has 0 amide bonds. The molecule has 1 aliphatic carbocycles. The van der Waals surface area contributed by atoms with E-state index in [4.69, 9.17) is 0 Å². The van der Waals surface area contributed by atoms with Crippen molar-refractivity contribution in [3.8, 4) is 0 Å². The van der Waals surface area contributed by atoms with Crippen LogP contribution in [0.15, 0.2) is 18.2 Å². The Balaban J connectivity index is 1.68. The third kappa shape index (κ3) is 2.00. The van der Waals surface area contributed by atoms with E-state index in [1.807, 2.05) is 17.5 Å². The maximum absolute atomic E-state index is 13.1. The van der Waals surface area contributed by atoms with Crippen LogP contribution in [0, 0.1) is 12.7 Å². The highest BCUT2D eigenvalue weighted by atomic mass is 32.1. The zero-order chi connectivity index (χ0) is 13.7. The molecule has 1 saturated carbocycles. The fourth-order valence-corrected chi connectivity index (χ4v) is 3.22. The van der Waals surface area contributed by atoms with E-state index < -0.39 is 0 Å². The van der Waals surface area contributed by atoms with Crippen LogP contribution >= 0.6 is 11.3 Å². The molecule has 1 aliphatic rings. The van der Waals surface area contributed by atoms with E-state index in [1.54, 1.807) is 17.4 Å². The Morgan fingerprint density at radius 3 is 2.95 bits per heavy atom. The van der Waals surface area contributed by atoms with Crippen LogP contribution in [0.5, 0.6) is 0 Å². The van der Waals surface area contributed by atoms with Crippen molar-refractivity contribution in [3.63, 3.8) is 0 Å². The molecule has 20 heavy (non-hydrogen) atoms. The van der Waals surface area contributed by atoms with Crippen molar-refractivity contribution in [2.24, 2.45) is 0 Å². The highest BCUT2D eigenvalue weighted by molar-refractivity contribution is 7.16. The Kier molecular flexibility index (Phi) is 2.60. The second-order valence-electron chi connectivity index (χ2n) is 5.27. The summed E-state index contributed by atoms with van der Waals surface area (Å²) < 4.78 is 15.0. The van der Waals surface area contributed by atoms with Gasteiger partial charge in [-0.05, 0) is 43.0 Å². The van der Waals surface area contributed by atoms with Crippen molar-refractivity contribution >= 4 is 16.3 Å². The molecule has 4 rings (SSSR count). The van der Waals surface area contributed by atoms with E-state index >= 15 is 0 Å². The predicted molar refractivity (Wildman–Crippen MR) is 74.6 cm³/mol. The number of halogens is 1. The molecule has 0 bridgehead atoms. The highest BCUT2D eigenvalue weighted by Gasteiger charge is 2.30. The zero-order valence-electron chi connectivity index (χ0n) is 11.0. The van der Waals surface area contributed by atoms with Crippen LogP contribution in [0.4, 0.5) is 4.39 Å². The van der Waals surface area contributed by atoms with E-state index in [0.717, 1.165) is 26.9 Å². The van der Waals surface area contributed by atoms with Gasteiger partial charge in [-0.15, -0.1) is 10.2 Å². The molecule has 102 valence electrons. The van der Waals surface area contributed by atoms with Crippen LogP contribution in [-0.4, -0.2) is 19.8 Å². The number of aromatic nitrogens is 4. The molecule has 0 radical (unpaired) electrons. The lowest BCUT2D eigenvalue weighted by Crippen LogP contribution is -1.97. The molecule has 2 aromatic heterocycles. The first-order chi connectivity index (χ1) is 9.70. The van der Waals surface area contributed by atoms with Gasteiger partial charge in [0, 0.05) is 12.3 Å². The van der Waals surface area contributed by atoms with Gasteiger partial charge in [-0.1, -0.05) is 17.4 Å². The molecule has 6 heteroatoms. The summed E-state index contributed by atoms with van der Waals surface area (Å²) in [5.41, 5.74) is 2.06. The number of rotatable bonds is 3. The molecular weight excluding hydrogens is 275 g/mol. The molecule has 0 aliphatic heterocycles. The van der Waals surface area contributed by atoms with Crippen LogP contribution < -0.4 is 0 Å². The summed E-state index contributed by atoms with van der Waals surface area (Å²) in [6.45, 7) is 1.92. The highest BCUT2D eigenvalue weighted by Crippen LogP contribution is 2.39. The average Bonchev–Trinajstić information content (AvgIpc) is 3.05. The third-order valence-electron chi connectivity index (χ3n) is 3.65. The largest absolute Gasteiger partial charge is 0.234 e. The first-order valence-electron chi connectivity index (χ1n) is 6.67. The predicted octanol–water partition coefficient (Wildman–Crippen LogP) is 3.10. The van der Waals surface area contributed by atoms with Gasteiger partial charge in [-0.25, -0.2) is 4.39 Å². The molecule has 4 nitrogen and oxygen atoms in total. The molecule has 3 aromatic rings. The summed E-state index contributed by atoms with van der Waals surface area (Å²) in [5, 5.41) is 14.0. The summed E-state index contributed by atoms with van der Waals surface area (Å²) in [5.74, 6) is 1.33. The van der Waals surface area contributed by atoms with Crippen molar-refractivity contribution in [1.29, 1.82) is 0 Å². The minimum Gasteiger partial charge on any atom is -0.207 e. The number of hydrogen-bond donors (Lipinski definition) is 0. The van der Waals surface area contributed by atoms with Crippen LogP contribution in [0.25, 0.3) is 4.96 Å². The molecule has 1 aromatic carbocycles. The quantitative estimate of drug-likeness (QED) is 0.744. The van der Waals surface area contributed by atoms with Gasteiger partial charge >= 0.3 is 0 Å². The van der Waals surface area contributed by atoms with E-state index in [1.165, 1.54) is 18.9 Å². The van der Waals surface area contributed by atoms with Crippen LogP contribution in [0.3, 0.4) is 0 Å². The summed E-state index contributed by atoms with van der Waals surface area (Å²) in [6, 6.07) is 4.89. The van der Waals surface area contributed by atoms with Crippen LogP contribution in [-0.2, 0) is 6.42 Å². The smallest absolute Gasteiger partial charge is 0.207 e.